The summed E-state index contributed by atoms with van der Waals surface area (Å²) in [7, 11) is 3.24. The van der Waals surface area contributed by atoms with E-state index in [1.165, 1.54) is 6.42 Å². The summed E-state index contributed by atoms with van der Waals surface area (Å²) in [5.41, 5.74) is 0. The zero-order valence-corrected chi connectivity index (χ0v) is 14.6. The van der Waals surface area contributed by atoms with Gasteiger partial charge in [-0.3, -0.25) is 4.79 Å². The van der Waals surface area contributed by atoms with Crippen LogP contribution in [-0.2, 0) is 4.79 Å². The number of ether oxygens (including phenoxy) is 2. The summed E-state index contributed by atoms with van der Waals surface area (Å²) in [6.07, 6.45) is 2.33. The fraction of sp³-hybridized carbons (Fsp3) is 0.588. The number of thioether (sulfide) groups is 1. The van der Waals surface area contributed by atoms with Crippen LogP contribution in [0.3, 0.4) is 0 Å². The van der Waals surface area contributed by atoms with E-state index in [0.29, 0.717) is 17.4 Å². The highest BCUT2D eigenvalue weighted by Gasteiger charge is 2.25. The highest BCUT2D eigenvalue weighted by atomic mass is 32.2. The lowest BCUT2D eigenvalue weighted by molar-refractivity contribution is -0.131. The van der Waals surface area contributed by atoms with Crippen LogP contribution in [0.4, 0.5) is 0 Å². The normalized spacial score (nSPS) is 19.6. The van der Waals surface area contributed by atoms with Crippen molar-refractivity contribution in [3.8, 4) is 11.5 Å². The molecule has 1 aromatic rings. The molecule has 1 saturated heterocycles. The molecule has 0 N–H and O–H groups in total. The zero-order chi connectivity index (χ0) is 16.1. The molecule has 0 aromatic heterocycles. The van der Waals surface area contributed by atoms with Gasteiger partial charge in [-0.05, 0) is 43.9 Å². The topological polar surface area (TPSA) is 38.8 Å². The number of rotatable bonds is 5. The van der Waals surface area contributed by atoms with Crippen LogP contribution in [0.1, 0.15) is 26.7 Å². The molecule has 2 rings (SSSR count). The Hall–Kier alpha value is -1.36. The standard InChI is InChI=1S/C17H25NO3S/c1-12-6-5-9-18(11-12)17(19)13(2)22-14-7-8-15(20-3)16(10-14)21-4/h7-8,10,12-13H,5-6,9,11H2,1-4H3. The SMILES string of the molecule is COc1ccc(SC(C)C(=O)N2CCCC(C)C2)cc1OC. The van der Waals surface area contributed by atoms with Crippen molar-refractivity contribution in [3.63, 3.8) is 0 Å². The quantitative estimate of drug-likeness (QED) is 0.778. The number of carbonyl (C=O) groups is 1. The Balaban J connectivity index is 2.01. The van der Waals surface area contributed by atoms with E-state index in [1.807, 2.05) is 30.0 Å². The van der Waals surface area contributed by atoms with Crippen molar-refractivity contribution in [2.24, 2.45) is 5.92 Å². The van der Waals surface area contributed by atoms with Gasteiger partial charge in [0, 0.05) is 18.0 Å². The van der Waals surface area contributed by atoms with Gasteiger partial charge in [0.15, 0.2) is 11.5 Å². The fourth-order valence-corrected chi connectivity index (χ4v) is 3.77. The number of likely N-dealkylation sites (tertiary alicyclic amines) is 1. The molecule has 0 spiro atoms. The van der Waals surface area contributed by atoms with Crippen molar-refractivity contribution >= 4 is 17.7 Å². The third-order valence-electron chi connectivity index (χ3n) is 3.98. The molecule has 0 saturated carbocycles. The number of hydrogen-bond acceptors (Lipinski definition) is 4. The van der Waals surface area contributed by atoms with E-state index in [0.717, 1.165) is 24.4 Å². The highest BCUT2D eigenvalue weighted by Crippen LogP contribution is 2.34. The van der Waals surface area contributed by atoms with Crippen LogP contribution in [0.15, 0.2) is 23.1 Å². The van der Waals surface area contributed by atoms with Gasteiger partial charge in [-0.25, -0.2) is 0 Å². The maximum absolute atomic E-state index is 12.6. The van der Waals surface area contributed by atoms with Gasteiger partial charge in [-0.1, -0.05) is 6.92 Å². The van der Waals surface area contributed by atoms with Crippen molar-refractivity contribution in [1.82, 2.24) is 4.90 Å². The van der Waals surface area contributed by atoms with Gasteiger partial charge >= 0.3 is 0 Å². The van der Waals surface area contributed by atoms with Crippen LogP contribution in [0.5, 0.6) is 11.5 Å². The van der Waals surface area contributed by atoms with Gasteiger partial charge < -0.3 is 14.4 Å². The number of amides is 1. The van der Waals surface area contributed by atoms with Crippen molar-refractivity contribution in [2.75, 3.05) is 27.3 Å². The van der Waals surface area contributed by atoms with E-state index in [4.69, 9.17) is 9.47 Å². The van der Waals surface area contributed by atoms with Crippen molar-refractivity contribution in [3.05, 3.63) is 18.2 Å². The van der Waals surface area contributed by atoms with Gasteiger partial charge in [0.25, 0.3) is 0 Å². The molecule has 4 nitrogen and oxygen atoms in total. The Kier molecular flexibility index (Phi) is 6.00. The lowest BCUT2D eigenvalue weighted by Gasteiger charge is -2.32. The van der Waals surface area contributed by atoms with E-state index in [9.17, 15) is 4.79 Å². The number of methoxy groups -OCH3 is 2. The second-order valence-electron chi connectivity index (χ2n) is 5.81. The predicted octanol–water partition coefficient (Wildman–Crippen LogP) is 3.44. The molecular weight excluding hydrogens is 298 g/mol. The molecule has 22 heavy (non-hydrogen) atoms. The van der Waals surface area contributed by atoms with E-state index < -0.39 is 0 Å². The van der Waals surface area contributed by atoms with Crippen LogP contribution in [0.2, 0.25) is 0 Å². The molecule has 1 aliphatic heterocycles. The van der Waals surface area contributed by atoms with Crippen LogP contribution < -0.4 is 9.47 Å². The second-order valence-corrected chi connectivity index (χ2v) is 7.22. The predicted molar refractivity (Wildman–Crippen MR) is 89.8 cm³/mol. The number of piperidine rings is 1. The summed E-state index contributed by atoms with van der Waals surface area (Å²) < 4.78 is 10.6. The lowest BCUT2D eigenvalue weighted by Crippen LogP contribution is -2.42. The van der Waals surface area contributed by atoms with Crippen LogP contribution in [-0.4, -0.2) is 43.4 Å². The maximum Gasteiger partial charge on any atom is 0.235 e. The third kappa shape index (κ3) is 4.09. The van der Waals surface area contributed by atoms with E-state index >= 15 is 0 Å². The van der Waals surface area contributed by atoms with Crippen molar-refractivity contribution in [2.45, 2.75) is 36.8 Å². The smallest absolute Gasteiger partial charge is 0.235 e. The summed E-state index contributed by atoms with van der Waals surface area (Å²) in [6, 6.07) is 5.77. The fourth-order valence-electron chi connectivity index (χ4n) is 2.79. The molecule has 1 fully saturated rings. The molecule has 2 atom stereocenters. The second kappa shape index (κ2) is 7.77. The molecule has 0 bridgehead atoms. The van der Waals surface area contributed by atoms with Gasteiger partial charge in [0.2, 0.25) is 5.91 Å². The minimum absolute atomic E-state index is 0.0941. The Labute approximate surface area is 137 Å². The number of benzene rings is 1. The highest BCUT2D eigenvalue weighted by molar-refractivity contribution is 8.00. The molecule has 0 radical (unpaired) electrons. The first-order valence-electron chi connectivity index (χ1n) is 7.72. The summed E-state index contributed by atoms with van der Waals surface area (Å²) in [5, 5.41) is -0.0941. The lowest BCUT2D eigenvalue weighted by atomic mass is 10.0. The molecule has 1 aromatic carbocycles. The Morgan fingerprint density at radius 1 is 1.32 bits per heavy atom. The van der Waals surface area contributed by atoms with Crippen LogP contribution in [0, 0.1) is 5.92 Å². The summed E-state index contributed by atoms with van der Waals surface area (Å²) in [4.78, 5) is 15.6. The van der Waals surface area contributed by atoms with Gasteiger partial charge in [-0.15, -0.1) is 11.8 Å². The number of nitrogens with zero attached hydrogens (tertiary/aromatic N) is 1. The molecule has 122 valence electrons. The zero-order valence-electron chi connectivity index (χ0n) is 13.8. The molecular formula is C17H25NO3S. The first-order chi connectivity index (χ1) is 10.5. The number of carbonyl (C=O) groups excluding carboxylic acids is 1. The Bertz CT molecular complexity index is 521. The average Bonchev–Trinajstić information content (AvgIpc) is 2.53. The molecule has 0 aliphatic carbocycles. The van der Waals surface area contributed by atoms with E-state index in [-0.39, 0.29) is 11.2 Å². The average molecular weight is 323 g/mol. The summed E-state index contributed by atoms with van der Waals surface area (Å²) in [5.74, 6) is 2.23. The minimum Gasteiger partial charge on any atom is -0.493 e. The molecule has 2 unspecified atom stereocenters. The Morgan fingerprint density at radius 3 is 2.68 bits per heavy atom. The first-order valence-corrected chi connectivity index (χ1v) is 8.60. The molecule has 1 aliphatic rings. The number of hydrogen-bond donors (Lipinski definition) is 0. The maximum atomic E-state index is 12.6. The van der Waals surface area contributed by atoms with Crippen molar-refractivity contribution in [1.29, 1.82) is 0 Å². The monoisotopic (exact) mass is 323 g/mol. The van der Waals surface area contributed by atoms with Gasteiger partial charge in [0.1, 0.15) is 0 Å². The largest absolute Gasteiger partial charge is 0.493 e. The molecule has 1 heterocycles. The van der Waals surface area contributed by atoms with E-state index in [2.05, 4.69) is 6.92 Å². The van der Waals surface area contributed by atoms with Crippen molar-refractivity contribution < 1.29 is 14.3 Å². The molecule has 5 heteroatoms. The van der Waals surface area contributed by atoms with Crippen LogP contribution in [0.25, 0.3) is 0 Å². The van der Waals surface area contributed by atoms with E-state index in [1.54, 1.807) is 26.0 Å². The van der Waals surface area contributed by atoms with Gasteiger partial charge in [-0.2, -0.15) is 0 Å². The summed E-state index contributed by atoms with van der Waals surface area (Å²) in [6.45, 7) is 5.96. The Morgan fingerprint density at radius 2 is 2.05 bits per heavy atom. The summed E-state index contributed by atoms with van der Waals surface area (Å²) >= 11 is 1.57. The third-order valence-corrected chi connectivity index (χ3v) is 5.07. The minimum atomic E-state index is -0.0941. The van der Waals surface area contributed by atoms with Gasteiger partial charge in [0.05, 0.1) is 19.5 Å². The molecule has 1 amide bonds. The first kappa shape index (κ1) is 17.0. The van der Waals surface area contributed by atoms with Crippen LogP contribution >= 0.6 is 11.8 Å².